The van der Waals surface area contributed by atoms with Crippen molar-refractivity contribution in [1.82, 2.24) is 10.5 Å². The molecule has 0 aliphatic rings. The Kier molecular flexibility index (Phi) is 4.16. The number of carbonyl (C=O) groups excluding carboxylic acids is 1. The summed E-state index contributed by atoms with van der Waals surface area (Å²) in [7, 11) is 0. The minimum absolute atomic E-state index is 0.267. The molecule has 0 bridgehead atoms. The van der Waals surface area contributed by atoms with E-state index in [1.165, 1.54) is 0 Å². The summed E-state index contributed by atoms with van der Waals surface area (Å²) in [6, 6.07) is 1.69. The van der Waals surface area contributed by atoms with Crippen molar-refractivity contribution in [3.05, 3.63) is 22.4 Å². The van der Waals surface area contributed by atoms with Crippen LogP contribution in [0, 0.1) is 5.92 Å². The largest absolute Gasteiger partial charge is 0.356 e. The number of halogens is 1. The molecule has 0 unspecified atom stereocenters. The van der Waals surface area contributed by atoms with Gasteiger partial charge in [0.1, 0.15) is 5.69 Å². The maximum absolute atomic E-state index is 11.4. The molecule has 0 atom stereocenters. The molecule has 0 aliphatic heterocycles. The summed E-state index contributed by atoms with van der Waals surface area (Å²) in [6.07, 6.45) is 1.69. The molecular weight excluding hydrogens is 248 g/mol. The number of nitrogens with one attached hydrogen (secondary N) is 2. The van der Waals surface area contributed by atoms with Crippen molar-refractivity contribution in [2.45, 2.75) is 13.8 Å². The van der Waals surface area contributed by atoms with E-state index < -0.39 is 0 Å². The normalized spacial score (nSPS) is 10.6. The molecule has 2 N–H and O–H groups in total. The number of H-pyrrole nitrogens is 1. The van der Waals surface area contributed by atoms with Crippen LogP contribution in [0.4, 0.5) is 0 Å². The number of aromatic amines is 1. The summed E-state index contributed by atoms with van der Waals surface area (Å²) in [6.45, 7) is 4.53. The molecule has 0 fully saturated rings. The molecular formula is C9H13BrN2O2. The Bertz CT molecular complexity index is 310. The lowest BCUT2D eigenvalue weighted by atomic mass is 10.2. The minimum Gasteiger partial charge on any atom is -0.356 e. The lowest BCUT2D eigenvalue weighted by molar-refractivity contribution is 0.0205. The predicted octanol–water partition coefficient (Wildman–Crippen LogP) is 2.09. The van der Waals surface area contributed by atoms with E-state index >= 15 is 0 Å². The molecule has 0 spiro atoms. The van der Waals surface area contributed by atoms with Crippen LogP contribution in [0.15, 0.2) is 16.7 Å². The Hall–Kier alpha value is -0.810. The van der Waals surface area contributed by atoms with E-state index in [0.29, 0.717) is 18.2 Å². The highest BCUT2D eigenvalue weighted by atomic mass is 79.9. The van der Waals surface area contributed by atoms with Crippen LogP contribution in [0.2, 0.25) is 0 Å². The summed E-state index contributed by atoms with van der Waals surface area (Å²) in [4.78, 5) is 19.1. The molecule has 1 aromatic heterocycles. The molecule has 0 saturated carbocycles. The number of hydroxylamine groups is 1. The van der Waals surface area contributed by atoms with Gasteiger partial charge in [-0.25, -0.2) is 5.48 Å². The smallest absolute Gasteiger partial charge is 0.291 e. The third-order valence-electron chi connectivity index (χ3n) is 1.47. The maximum atomic E-state index is 11.4. The number of aromatic nitrogens is 1. The van der Waals surface area contributed by atoms with Crippen molar-refractivity contribution in [2.24, 2.45) is 5.92 Å². The van der Waals surface area contributed by atoms with E-state index in [1.54, 1.807) is 12.3 Å². The summed E-state index contributed by atoms with van der Waals surface area (Å²) < 4.78 is 0.839. The van der Waals surface area contributed by atoms with Gasteiger partial charge in [0, 0.05) is 10.7 Å². The van der Waals surface area contributed by atoms with E-state index in [9.17, 15) is 4.79 Å². The summed E-state index contributed by atoms with van der Waals surface area (Å²) >= 11 is 3.24. The van der Waals surface area contributed by atoms with Crippen molar-refractivity contribution in [2.75, 3.05) is 6.61 Å². The zero-order chi connectivity index (χ0) is 10.6. The van der Waals surface area contributed by atoms with Gasteiger partial charge in [-0.15, -0.1) is 0 Å². The topological polar surface area (TPSA) is 54.1 Å². The summed E-state index contributed by atoms with van der Waals surface area (Å²) in [5.41, 5.74) is 2.83. The molecule has 5 heteroatoms. The number of amides is 1. The van der Waals surface area contributed by atoms with Gasteiger partial charge in [-0.3, -0.25) is 9.63 Å². The summed E-state index contributed by atoms with van der Waals surface area (Å²) in [5.74, 6) is 0.127. The van der Waals surface area contributed by atoms with Gasteiger partial charge in [-0.2, -0.15) is 0 Å². The Balaban J connectivity index is 2.36. The molecule has 0 aromatic carbocycles. The number of hydrogen-bond donors (Lipinski definition) is 2. The maximum Gasteiger partial charge on any atom is 0.291 e. The molecule has 78 valence electrons. The van der Waals surface area contributed by atoms with Gasteiger partial charge in [0.25, 0.3) is 5.91 Å². The van der Waals surface area contributed by atoms with E-state index in [0.717, 1.165) is 4.47 Å². The van der Waals surface area contributed by atoms with Gasteiger partial charge >= 0.3 is 0 Å². The first-order valence-corrected chi connectivity index (χ1v) is 5.15. The van der Waals surface area contributed by atoms with Gasteiger partial charge < -0.3 is 4.98 Å². The molecule has 1 rings (SSSR count). The second-order valence-corrected chi connectivity index (χ2v) is 4.28. The molecule has 1 amide bonds. The first-order chi connectivity index (χ1) is 6.59. The Morgan fingerprint density at radius 1 is 1.71 bits per heavy atom. The van der Waals surface area contributed by atoms with Gasteiger partial charge in [0.2, 0.25) is 0 Å². The quantitative estimate of drug-likeness (QED) is 0.815. The van der Waals surface area contributed by atoms with Crippen molar-refractivity contribution >= 4 is 21.8 Å². The van der Waals surface area contributed by atoms with Crippen LogP contribution in [0.1, 0.15) is 24.3 Å². The lowest BCUT2D eigenvalue weighted by Gasteiger charge is -2.06. The first kappa shape index (κ1) is 11.3. The second kappa shape index (κ2) is 5.17. The average molecular weight is 261 g/mol. The van der Waals surface area contributed by atoms with Crippen LogP contribution in [0.25, 0.3) is 0 Å². The van der Waals surface area contributed by atoms with Gasteiger partial charge in [0.05, 0.1) is 6.61 Å². The van der Waals surface area contributed by atoms with Crippen LogP contribution in [-0.4, -0.2) is 17.5 Å². The molecule has 1 heterocycles. The van der Waals surface area contributed by atoms with Gasteiger partial charge in [0.15, 0.2) is 0 Å². The highest BCUT2D eigenvalue weighted by Crippen LogP contribution is 2.10. The molecule has 0 aliphatic carbocycles. The van der Waals surface area contributed by atoms with Crippen molar-refractivity contribution < 1.29 is 9.63 Å². The fraction of sp³-hybridized carbons (Fsp3) is 0.444. The van der Waals surface area contributed by atoms with E-state index in [1.807, 2.05) is 13.8 Å². The second-order valence-electron chi connectivity index (χ2n) is 3.37. The SMILES string of the molecule is CC(C)CONC(=O)c1cc(Br)c[nH]1. The molecule has 1 aromatic rings. The minimum atomic E-state index is -0.267. The fourth-order valence-corrected chi connectivity index (χ4v) is 1.17. The third-order valence-corrected chi connectivity index (χ3v) is 1.93. The number of rotatable bonds is 4. The highest BCUT2D eigenvalue weighted by Gasteiger charge is 2.07. The van der Waals surface area contributed by atoms with Gasteiger partial charge in [-0.05, 0) is 27.9 Å². The van der Waals surface area contributed by atoms with E-state index in [2.05, 4.69) is 26.4 Å². The fourth-order valence-electron chi connectivity index (χ4n) is 0.828. The lowest BCUT2D eigenvalue weighted by Crippen LogP contribution is -2.25. The van der Waals surface area contributed by atoms with Crippen LogP contribution in [-0.2, 0) is 4.84 Å². The van der Waals surface area contributed by atoms with Gasteiger partial charge in [-0.1, -0.05) is 13.8 Å². The summed E-state index contributed by atoms with van der Waals surface area (Å²) in [5, 5.41) is 0. The Morgan fingerprint density at radius 3 is 2.93 bits per heavy atom. The number of carbonyl (C=O) groups is 1. The number of hydrogen-bond acceptors (Lipinski definition) is 2. The van der Waals surface area contributed by atoms with Crippen LogP contribution < -0.4 is 5.48 Å². The van der Waals surface area contributed by atoms with Crippen LogP contribution in [0.3, 0.4) is 0 Å². The third kappa shape index (κ3) is 3.51. The predicted molar refractivity (Wildman–Crippen MR) is 56.7 cm³/mol. The van der Waals surface area contributed by atoms with Crippen molar-refractivity contribution in [3.63, 3.8) is 0 Å². The molecule has 4 nitrogen and oxygen atoms in total. The van der Waals surface area contributed by atoms with E-state index in [4.69, 9.17) is 4.84 Å². The molecule has 14 heavy (non-hydrogen) atoms. The van der Waals surface area contributed by atoms with Crippen molar-refractivity contribution in [1.29, 1.82) is 0 Å². The monoisotopic (exact) mass is 260 g/mol. The standard InChI is InChI=1S/C9H13BrN2O2/c1-6(2)5-14-12-9(13)8-3-7(10)4-11-8/h3-4,6,11H,5H2,1-2H3,(H,12,13). The zero-order valence-electron chi connectivity index (χ0n) is 8.13. The average Bonchev–Trinajstić information content (AvgIpc) is 2.51. The van der Waals surface area contributed by atoms with Crippen molar-refractivity contribution in [3.8, 4) is 0 Å². The Morgan fingerprint density at radius 2 is 2.43 bits per heavy atom. The molecule has 0 radical (unpaired) electrons. The van der Waals surface area contributed by atoms with E-state index in [-0.39, 0.29) is 5.91 Å². The zero-order valence-corrected chi connectivity index (χ0v) is 9.72. The van der Waals surface area contributed by atoms with Crippen LogP contribution >= 0.6 is 15.9 Å². The Labute approximate surface area is 91.1 Å². The molecule has 0 saturated heterocycles. The highest BCUT2D eigenvalue weighted by molar-refractivity contribution is 9.10. The first-order valence-electron chi connectivity index (χ1n) is 4.35. The van der Waals surface area contributed by atoms with Crippen LogP contribution in [0.5, 0.6) is 0 Å².